The molecule has 1 atom stereocenters. The van der Waals surface area contributed by atoms with Crippen molar-refractivity contribution >= 4 is 5.97 Å². The summed E-state index contributed by atoms with van der Waals surface area (Å²) in [6.07, 6.45) is 3.28. The van der Waals surface area contributed by atoms with E-state index in [1.54, 1.807) is 0 Å². The summed E-state index contributed by atoms with van der Waals surface area (Å²) in [5, 5.41) is 12.7. The Hall–Kier alpha value is -1.39. The minimum Gasteiger partial charge on any atom is -0.481 e. The number of aryl methyl sites for hydroxylation is 2. The van der Waals surface area contributed by atoms with Crippen molar-refractivity contribution in [3.05, 3.63) is 34.9 Å². The number of aliphatic carboxylic acids is 1. The Morgan fingerprint density at radius 2 is 2.00 bits per heavy atom. The summed E-state index contributed by atoms with van der Waals surface area (Å²) >= 11 is 0. The van der Waals surface area contributed by atoms with E-state index in [4.69, 9.17) is 9.84 Å². The molecule has 0 bridgehead atoms. The lowest BCUT2D eigenvalue weighted by atomic mass is 9.66. The molecule has 1 aliphatic carbocycles. The number of hydrogen-bond acceptors (Lipinski definition) is 3. The standard InChI is InChI=1S/C18H25NO3/c1-12-4-3-5-13(2)16(12)11-19-15-6-7-22-18(10-15)8-14(9-18)17(20)21/h3-5,14-15,19H,6-11H2,1-2H3,(H,20,21). The number of carboxylic acids is 1. The van der Waals surface area contributed by atoms with Gasteiger partial charge in [-0.2, -0.15) is 0 Å². The molecule has 4 heteroatoms. The van der Waals surface area contributed by atoms with E-state index in [-0.39, 0.29) is 11.5 Å². The molecule has 3 rings (SSSR count). The number of rotatable bonds is 4. The number of ether oxygens (including phenoxy) is 1. The summed E-state index contributed by atoms with van der Waals surface area (Å²) in [6.45, 7) is 5.91. The molecule has 0 radical (unpaired) electrons. The zero-order chi connectivity index (χ0) is 15.7. The summed E-state index contributed by atoms with van der Waals surface area (Å²) in [5.41, 5.74) is 3.84. The van der Waals surface area contributed by atoms with E-state index in [1.807, 2.05) is 0 Å². The second-order valence-electron chi connectivity index (χ2n) is 6.92. The molecule has 4 nitrogen and oxygen atoms in total. The van der Waals surface area contributed by atoms with Gasteiger partial charge in [0.15, 0.2) is 0 Å². The Morgan fingerprint density at radius 1 is 1.32 bits per heavy atom. The fourth-order valence-corrected chi connectivity index (χ4v) is 3.87. The van der Waals surface area contributed by atoms with Crippen LogP contribution in [0.4, 0.5) is 0 Å². The summed E-state index contributed by atoms with van der Waals surface area (Å²) < 4.78 is 5.91. The highest BCUT2D eigenvalue weighted by molar-refractivity contribution is 5.71. The van der Waals surface area contributed by atoms with E-state index in [1.165, 1.54) is 16.7 Å². The van der Waals surface area contributed by atoms with Crippen LogP contribution in [-0.2, 0) is 16.1 Å². The van der Waals surface area contributed by atoms with Crippen LogP contribution < -0.4 is 5.32 Å². The monoisotopic (exact) mass is 303 g/mol. The van der Waals surface area contributed by atoms with Crippen LogP contribution in [0, 0.1) is 19.8 Å². The third kappa shape index (κ3) is 3.03. The molecule has 22 heavy (non-hydrogen) atoms. The van der Waals surface area contributed by atoms with Gasteiger partial charge in [0.05, 0.1) is 11.5 Å². The molecule has 1 heterocycles. The van der Waals surface area contributed by atoms with Crippen LogP contribution in [0.15, 0.2) is 18.2 Å². The van der Waals surface area contributed by atoms with E-state index in [9.17, 15) is 4.79 Å². The van der Waals surface area contributed by atoms with Crippen molar-refractivity contribution in [2.24, 2.45) is 5.92 Å². The second-order valence-corrected chi connectivity index (χ2v) is 6.92. The Bertz CT molecular complexity index is 543. The van der Waals surface area contributed by atoms with Crippen LogP contribution in [0.5, 0.6) is 0 Å². The normalized spacial score (nSPS) is 31.0. The number of nitrogens with one attached hydrogen (secondary N) is 1. The molecule has 2 aliphatic rings. The Labute approximate surface area is 131 Å². The van der Waals surface area contributed by atoms with Crippen LogP contribution in [0.2, 0.25) is 0 Å². The molecule has 2 N–H and O–H groups in total. The molecule has 1 saturated heterocycles. The maximum Gasteiger partial charge on any atom is 0.306 e. The first-order chi connectivity index (χ1) is 10.5. The number of carbonyl (C=O) groups is 1. The zero-order valence-electron chi connectivity index (χ0n) is 13.4. The van der Waals surface area contributed by atoms with Crippen LogP contribution in [0.25, 0.3) is 0 Å². The van der Waals surface area contributed by atoms with Crippen molar-refractivity contribution in [1.29, 1.82) is 0 Å². The predicted octanol–water partition coefficient (Wildman–Crippen LogP) is 2.81. The van der Waals surface area contributed by atoms with Crippen LogP contribution in [-0.4, -0.2) is 29.3 Å². The van der Waals surface area contributed by atoms with E-state index in [2.05, 4.69) is 37.4 Å². The molecular weight excluding hydrogens is 278 g/mol. The maximum absolute atomic E-state index is 11.0. The molecule has 1 spiro atoms. The Morgan fingerprint density at radius 3 is 2.64 bits per heavy atom. The SMILES string of the molecule is Cc1cccc(C)c1CNC1CCOC2(C1)CC(C(=O)O)C2. The Kier molecular flexibility index (Phi) is 4.24. The molecule has 1 aromatic carbocycles. The molecule has 1 aliphatic heterocycles. The van der Waals surface area contributed by atoms with E-state index < -0.39 is 5.97 Å². The van der Waals surface area contributed by atoms with Crippen molar-refractivity contribution in [2.75, 3.05) is 6.61 Å². The summed E-state index contributed by atoms with van der Waals surface area (Å²) in [5.74, 6) is -0.891. The van der Waals surface area contributed by atoms with Gasteiger partial charge in [0.2, 0.25) is 0 Å². The van der Waals surface area contributed by atoms with Crippen molar-refractivity contribution < 1.29 is 14.6 Å². The van der Waals surface area contributed by atoms with Gasteiger partial charge < -0.3 is 15.2 Å². The second kappa shape index (κ2) is 6.01. The summed E-state index contributed by atoms with van der Waals surface area (Å²) in [6, 6.07) is 6.82. The average Bonchev–Trinajstić information content (AvgIpc) is 2.44. The predicted molar refractivity (Wildman–Crippen MR) is 84.8 cm³/mol. The van der Waals surface area contributed by atoms with Gasteiger partial charge in [-0.05, 0) is 56.2 Å². The molecule has 0 amide bonds. The van der Waals surface area contributed by atoms with Crippen molar-refractivity contribution in [2.45, 2.75) is 57.7 Å². The van der Waals surface area contributed by atoms with Gasteiger partial charge in [-0.15, -0.1) is 0 Å². The Balaban J connectivity index is 1.57. The third-order valence-corrected chi connectivity index (χ3v) is 5.29. The largest absolute Gasteiger partial charge is 0.481 e. The van der Waals surface area contributed by atoms with Gasteiger partial charge in [-0.3, -0.25) is 4.79 Å². The average molecular weight is 303 g/mol. The van der Waals surface area contributed by atoms with Crippen molar-refractivity contribution in [1.82, 2.24) is 5.32 Å². The van der Waals surface area contributed by atoms with Crippen molar-refractivity contribution in [3.8, 4) is 0 Å². The quantitative estimate of drug-likeness (QED) is 0.898. The van der Waals surface area contributed by atoms with E-state index >= 15 is 0 Å². The van der Waals surface area contributed by atoms with Gasteiger partial charge in [0.25, 0.3) is 0 Å². The molecule has 1 saturated carbocycles. The zero-order valence-corrected chi connectivity index (χ0v) is 13.4. The maximum atomic E-state index is 11.0. The highest BCUT2D eigenvalue weighted by Gasteiger charge is 2.51. The molecule has 0 aromatic heterocycles. The molecule has 1 unspecified atom stereocenters. The van der Waals surface area contributed by atoms with E-state index in [0.717, 1.165) is 26.0 Å². The smallest absolute Gasteiger partial charge is 0.306 e. The lowest BCUT2D eigenvalue weighted by Crippen LogP contribution is -2.55. The molecule has 120 valence electrons. The first-order valence-electron chi connectivity index (χ1n) is 8.14. The topological polar surface area (TPSA) is 58.6 Å². The first kappa shape index (κ1) is 15.5. The third-order valence-electron chi connectivity index (χ3n) is 5.29. The minimum absolute atomic E-state index is 0.181. The first-order valence-corrected chi connectivity index (χ1v) is 8.14. The minimum atomic E-state index is -0.681. The number of benzene rings is 1. The number of carboxylic acid groups (broad SMARTS) is 1. The summed E-state index contributed by atoms with van der Waals surface area (Å²) in [4.78, 5) is 11.0. The van der Waals surface area contributed by atoms with Crippen LogP contribution in [0.1, 0.15) is 42.4 Å². The lowest BCUT2D eigenvalue weighted by Gasteiger charge is -2.50. The van der Waals surface area contributed by atoms with Gasteiger partial charge in [-0.25, -0.2) is 0 Å². The van der Waals surface area contributed by atoms with Crippen LogP contribution >= 0.6 is 0 Å². The van der Waals surface area contributed by atoms with Crippen LogP contribution in [0.3, 0.4) is 0 Å². The van der Waals surface area contributed by atoms with E-state index in [0.29, 0.717) is 18.9 Å². The lowest BCUT2D eigenvalue weighted by molar-refractivity contribution is -0.181. The molecule has 2 fully saturated rings. The highest BCUT2D eigenvalue weighted by Crippen LogP contribution is 2.46. The van der Waals surface area contributed by atoms with Gasteiger partial charge in [0, 0.05) is 19.2 Å². The molecular formula is C18H25NO3. The number of hydrogen-bond donors (Lipinski definition) is 2. The van der Waals surface area contributed by atoms with Gasteiger partial charge in [-0.1, -0.05) is 18.2 Å². The fourth-order valence-electron chi connectivity index (χ4n) is 3.87. The molecule has 1 aromatic rings. The highest BCUT2D eigenvalue weighted by atomic mass is 16.5. The fraction of sp³-hybridized carbons (Fsp3) is 0.611. The van der Waals surface area contributed by atoms with Gasteiger partial charge >= 0.3 is 5.97 Å². The van der Waals surface area contributed by atoms with Gasteiger partial charge in [0.1, 0.15) is 0 Å². The van der Waals surface area contributed by atoms with Crippen molar-refractivity contribution in [3.63, 3.8) is 0 Å². The summed E-state index contributed by atoms with van der Waals surface area (Å²) in [7, 11) is 0.